The highest BCUT2D eigenvalue weighted by molar-refractivity contribution is 5.22. The molecule has 0 amide bonds. The van der Waals surface area contributed by atoms with Crippen LogP contribution in [-0.2, 0) is 0 Å². The number of aliphatic hydroxyl groups excluding tert-OH is 1. The number of hydrogen-bond acceptors (Lipinski definition) is 4. The van der Waals surface area contributed by atoms with E-state index in [1.807, 2.05) is 0 Å². The number of likely N-dealkylation sites (N-methyl/N-ethyl adjacent to an activating group) is 1. The van der Waals surface area contributed by atoms with Gasteiger partial charge in [0, 0.05) is 19.1 Å². The SMILES string of the molecule is CN(CCN1CCCCC1)[C@H]1CCC[C@@H](Oc2ccc(F)cc2)[C@@H]1O. The van der Waals surface area contributed by atoms with Gasteiger partial charge in [0.25, 0.3) is 0 Å². The Balaban J connectivity index is 1.51. The van der Waals surface area contributed by atoms with Gasteiger partial charge in [0.15, 0.2) is 0 Å². The second-order valence-electron chi connectivity index (χ2n) is 7.48. The summed E-state index contributed by atoms with van der Waals surface area (Å²) in [6, 6.07) is 6.18. The van der Waals surface area contributed by atoms with Gasteiger partial charge >= 0.3 is 0 Å². The van der Waals surface area contributed by atoms with Crippen LogP contribution in [0.2, 0.25) is 0 Å². The summed E-state index contributed by atoms with van der Waals surface area (Å²) in [5.41, 5.74) is 0. The van der Waals surface area contributed by atoms with Crippen molar-refractivity contribution in [3.63, 3.8) is 0 Å². The van der Waals surface area contributed by atoms with Crippen LogP contribution >= 0.6 is 0 Å². The number of aliphatic hydroxyl groups is 1. The van der Waals surface area contributed by atoms with E-state index < -0.39 is 6.10 Å². The molecular formula is C20H31FN2O2. The minimum absolute atomic E-state index is 0.129. The van der Waals surface area contributed by atoms with Crippen molar-refractivity contribution in [1.82, 2.24) is 9.80 Å². The summed E-state index contributed by atoms with van der Waals surface area (Å²) in [6.07, 6.45) is 6.13. The van der Waals surface area contributed by atoms with Crippen LogP contribution in [0.3, 0.4) is 0 Å². The highest BCUT2D eigenvalue weighted by Gasteiger charge is 2.35. The van der Waals surface area contributed by atoms with Crippen LogP contribution in [0, 0.1) is 5.82 Å². The van der Waals surface area contributed by atoms with E-state index in [0.717, 1.165) is 32.4 Å². The van der Waals surface area contributed by atoms with Gasteiger partial charge in [-0.25, -0.2) is 4.39 Å². The van der Waals surface area contributed by atoms with Gasteiger partial charge in [-0.3, -0.25) is 4.90 Å². The molecule has 4 nitrogen and oxygen atoms in total. The number of ether oxygens (including phenoxy) is 1. The molecule has 140 valence electrons. The van der Waals surface area contributed by atoms with Crippen LogP contribution in [0.5, 0.6) is 5.75 Å². The number of piperidine rings is 1. The Labute approximate surface area is 150 Å². The zero-order valence-electron chi connectivity index (χ0n) is 15.2. The average Bonchev–Trinajstić information content (AvgIpc) is 2.64. The maximum Gasteiger partial charge on any atom is 0.126 e. The average molecular weight is 350 g/mol. The van der Waals surface area contributed by atoms with Gasteiger partial charge in [-0.1, -0.05) is 6.42 Å². The first kappa shape index (κ1) is 18.6. The van der Waals surface area contributed by atoms with Crippen LogP contribution < -0.4 is 4.74 Å². The predicted molar refractivity (Wildman–Crippen MR) is 97.4 cm³/mol. The molecule has 1 aromatic rings. The van der Waals surface area contributed by atoms with Crippen molar-refractivity contribution in [2.45, 2.75) is 56.8 Å². The Hall–Kier alpha value is -1.17. The first-order chi connectivity index (χ1) is 12.1. The van der Waals surface area contributed by atoms with Crippen LogP contribution in [0.25, 0.3) is 0 Å². The summed E-state index contributed by atoms with van der Waals surface area (Å²) >= 11 is 0. The Kier molecular flexibility index (Phi) is 6.68. The molecule has 1 aliphatic heterocycles. The largest absolute Gasteiger partial charge is 0.488 e. The zero-order valence-corrected chi connectivity index (χ0v) is 15.2. The molecule has 0 unspecified atom stereocenters. The molecule has 1 saturated carbocycles. The van der Waals surface area contributed by atoms with E-state index >= 15 is 0 Å². The zero-order chi connectivity index (χ0) is 17.6. The smallest absolute Gasteiger partial charge is 0.126 e. The van der Waals surface area contributed by atoms with Gasteiger partial charge in [-0.05, 0) is 76.5 Å². The third kappa shape index (κ3) is 5.16. The van der Waals surface area contributed by atoms with Gasteiger partial charge in [0.1, 0.15) is 23.8 Å². The molecule has 3 atom stereocenters. The summed E-state index contributed by atoms with van der Waals surface area (Å²) in [4.78, 5) is 4.82. The number of halogens is 1. The highest BCUT2D eigenvalue weighted by atomic mass is 19.1. The number of hydrogen-bond donors (Lipinski definition) is 1. The first-order valence-corrected chi connectivity index (χ1v) is 9.66. The lowest BCUT2D eigenvalue weighted by Crippen LogP contribution is -2.53. The molecule has 0 spiro atoms. The fourth-order valence-electron chi connectivity index (χ4n) is 4.06. The summed E-state index contributed by atoms with van der Waals surface area (Å²) in [6.45, 7) is 4.46. The number of likely N-dealkylation sites (tertiary alicyclic amines) is 1. The summed E-state index contributed by atoms with van der Waals surface area (Å²) in [7, 11) is 2.11. The number of rotatable bonds is 6. The molecule has 1 aliphatic carbocycles. The van der Waals surface area contributed by atoms with Crippen LogP contribution in [-0.4, -0.2) is 66.4 Å². The van der Waals surface area contributed by atoms with Crippen molar-refractivity contribution >= 4 is 0 Å². The van der Waals surface area contributed by atoms with Crippen molar-refractivity contribution < 1.29 is 14.2 Å². The molecule has 1 heterocycles. The van der Waals surface area contributed by atoms with Gasteiger partial charge in [0.05, 0.1) is 0 Å². The maximum atomic E-state index is 13.0. The fraction of sp³-hybridized carbons (Fsp3) is 0.700. The lowest BCUT2D eigenvalue weighted by Gasteiger charge is -2.40. The Morgan fingerprint density at radius 2 is 1.84 bits per heavy atom. The van der Waals surface area contributed by atoms with Crippen molar-refractivity contribution in [3.05, 3.63) is 30.1 Å². The third-order valence-electron chi connectivity index (χ3n) is 5.65. The molecule has 1 aromatic carbocycles. The van der Waals surface area contributed by atoms with Crippen molar-refractivity contribution in [2.24, 2.45) is 0 Å². The predicted octanol–water partition coefficient (Wildman–Crippen LogP) is 2.90. The molecule has 1 N–H and O–H groups in total. The molecule has 2 fully saturated rings. The summed E-state index contributed by atoms with van der Waals surface area (Å²) in [5.74, 6) is 0.355. The minimum atomic E-state index is -0.509. The van der Waals surface area contributed by atoms with E-state index in [2.05, 4.69) is 16.8 Å². The minimum Gasteiger partial charge on any atom is -0.488 e. The summed E-state index contributed by atoms with van der Waals surface area (Å²) in [5, 5.41) is 10.8. The first-order valence-electron chi connectivity index (χ1n) is 9.66. The fourth-order valence-corrected chi connectivity index (χ4v) is 4.06. The normalized spacial score (nSPS) is 28.2. The number of benzene rings is 1. The molecule has 0 radical (unpaired) electrons. The molecule has 0 bridgehead atoms. The van der Waals surface area contributed by atoms with Crippen molar-refractivity contribution in [3.8, 4) is 5.75 Å². The van der Waals surface area contributed by atoms with Gasteiger partial charge in [-0.15, -0.1) is 0 Å². The summed E-state index contributed by atoms with van der Waals surface area (Å²) < 4.78 is 19.0. The topological polar surface area (TPSA) is 35.9 Å². The van der Waals surface area contributed by atoms with Gasteiger partial charge < -0.3 is 14.7 Å². The quantitative estimate of drug-likeness (QED) is 0.856. The van der Waals surface area contributed by atoms with Crippen molar-refractivity contribution in [2.75, 3.05) is 33.2 Å². The van der Waals surface area contributed by atoms with Crippen LogP contribution in [0.1, 0.15) is 38.5 Å². The van der Waals surface area contributed by atoms with E-state index in [9.17, 15) is 9.50 Å². The lowest BCUT2D eigenvalue weighted by molar-refractivity contribution is -0.0486. The second kappa shape index (κ2) is 8.97. The lowest BCUT2D eigenvalue weighted by atomic mass is 9.89. The molecule has 0 aromatic heterocycles. The standard InChI is InChI=1S/C20H31FN2O2/c1-22(14-15-23-12-3-2-4-13-23)18-6-5-7-19(20(18)24)25-17-10-8-16(21)9-11-17/h8-11,18-20,24H,2-7,12-15H2,1H3/t18-,19+,20+/m0/s1. The van der Waals surface area contributed by atoms with E-state index in [4.69, 9.17) is 4.74 Å². The second-order valence-corrected chi connectivity index (χ2v) is 7.48. The molecule has 1 saturated heterocycles. The van der Waals surface area contributed by atoms with E-state index in [1.54, 1.807) is 12.1 Å². The Morgan fingerprint density at radius 3 is 2.56 bits per heavy atom. The molecular weight excluding hydrogens is 319 g/mol. The van der Waals surface area contributed by atoms with Gasteiger partial charge in [-0.2, -0.15) is 0 Å². The molecule has 5 heteroatoms. The van der Waals surface area contributed by atoms with E-state index in [1.165, 1.54) is 44.5 Å². The van der Waals surface area contributed by atoms with Gasteiger partial charge in [0.2, 0.25) is 0 Å². The monoisotopic (exact) mass is 350 g/mol. The van der Waals surface area contributed by atoms with E-state index in [-0.39, 0.29) is 18.0 Å². The highest BCUT2D eigenvalue weighted by Crippen LogP contribution is 2.27. The van der Waals surface area contributed by atoms with E-state index in [0.29, 0.717) is 5.75 Å². The van der Waals surface area contributed by atoms with Crippen LogP contribution in [0.4, 0.5) is 4.39 Å². The molecule has 3 rings (SSSR count). The molecule has 2 aliphatic rings. The number of nitrogens with zero attached hydrogens (tertiary/aromatic N) is 2. The Morgan fingerprint density at radius 1 is 1.12 bits per heavy atom. The van der Waals surface area contributed by atoms with Crippen LogP contribution in [0.15, 0.2) is 24.3 Å². The Bertz CT molecular complexity index is 519. The maximum absolute atomic E-state index is 13.0. The van der Waals surface area contributed by atoms with Crippen molar-refractivity contribution in [1.29, 1.82) is 0 Å². The third-order valence-corrected chi connectivity index (χ3v) is 5.65. The molecule has 25 heavy (non-hydrogen) atoms.